The van der Waals surface area contributed by atoms with Crippen LogP contribution in [0.4, 0.5) is 0 Å². The van der Waals surface area contributed by atoms with Crippen molar-refractivity contribution in [2.24, 2.45) is 0 Å². The Bertz CT molecular complexity index is 3200. The lowest BCUT2D eigenvalue weighted by molar-refractivity contribution is 1.69. The van der Waals surface area contributed by atoms with Crippen molar-refractivity contribution in [3.05, 3.63) is 182 Å². The summed E-state index contributed by atoms with van der Waals surface area (Å²) in [6.07, 6.45) is 0. The molecule has 0 radical (unpaired) electrons. The van der Waals surface area contributed by atoms with Crippen LogP contribution < -0.4 is 0 Å². The van der Waals surface area contributed by atoms with Crippen molar-refractivity contribution in [3.63, 3.8) is 0 Å². The second-order valence-corrected chi connectivity index (χ2v) is 15.0. The lowest BCUT2D eigenvalue weighted by atomic mass is 9.79. The lowest BCUT2D eigenvalue weighted by Gasteiger charge is -2.23. The molecular formula is C54H30. The molecule has 0 saturated carbocycles. The first kappa shape index (κ1) is 28.6. The van der Waals surface area contributed by atoms with Gasteiger partial charge in [-0.15, -0.1) is 0 Å². The Kier molecular flexibility index (Phi) is 5.45. The Morgan fingerprint density at radius 3 is 0.833 bits per heavy atom. The minimum absolute atomic E-state index is 1.28. The SMILES string of the molecule is c1ccc2c(c1)-c1cccc3c(-c4c5ccccc5c(-c5ccc6c7c(cccc57)-c5ccccc5-6)c5c6ccccc6c6ccccc6c45)ccc-2c13. The highest BCUT2D eigenvalue weighted by Gasteiger charge is 2.28. The molecule has 2 aliphatic rings. The van der Waals surface area contributed by atoms with Crippen LogP contribution in [0.25, 0.3) is 131 Å². The van der Waals surface area contributed by atoms with Crippen molar-refractivity contribution in [2.75, 3.05) is 0 Å². The van der Waals surface area contributed by atoms with E-state index in [2.05, 4.69) is 182 Å². The minimum atomic E-state index is 1.28. The van der Waals surface area contributed by atoms with Crippen molar-refractivity contribution in [2.45, 2.75) is 0 Å². The van der Waals surface area contributed by atoms with Crippen LogP contribution in [-0.4, -0.2) is 0 Å². The van der Waals surface area contributed by atoms with Gasteiger partial charge in [0.25, 0.3) is 0 Å². The van der Waals surface area contributed by atoms with Crippen LogP contribution in [0.5, 0.6) is 0 Å². The summed E-state index contributed by atoms with van der Waals surface area (Å²) in [4.78, 5) is 0. The van der Waals surface area contributed by atoms with Gasteiger partial charge in [-0.3, -0.25) is 0 Å². The molecule has 0 atom stereocenters. The van der Waals surface area contributed by atoms with Crippen LogP contribution in [-0.2, 0) is 0 Å². The van der Waals surface area contributed by atoms with E-state index in [1.807, 2.05) is 0 Å². The topological polar surface area (TPSA) is 0 Å². The predicted molar refractivity (Wildman–Crippen MR) is 231 cm³/mol. The maximum Gasteiger partial charge on any atom is -0.000741 e. The average Bonchev–Trinajstić information content (AvgIpc) is 3.75. The first-order valence-electron chi connectivity index (χ1n) is 18.9. The smallest absolute Gasteiger partial charge is 0.000741 e. The zero-order chi connectivity index (χ0) is 35.1. The van der Waals surface area contributed by atoms with E-state index in [1.54, 1.807) is 0 Å². The molecule has 0 nitrogen and oxygen atoms in total. The lowest BCUT2D eigenvalue weighted by Crippen LogP contribution is -1.95. The third-order valence-corrected chi connectivity index (χ3v) is 12.5. The summed E-state index contributed by atoms with van der Waals surface area (Å²) in [5.74, 6) is 0. The van der Waals surface area contributed by atoms with Crippen molar-refractivity contribution in [1.29, 1.82) is 0 Å². The van der Waals surface area contributed by atoms with Gasteiger partial charge in [0.1, 0.15) is 0 Å². The molecule has 11 aromatic carbocycles. The normalized spacial score (nSPS) is 12.4. The minimum Gasteiger partial charge on any atom is -0.0616 e. The van der Waals surface area contributed by atoms with Gasteiger partial charge in [0.2, 0.25) is 0 Å². The van der Waals surface area contributed by atoms with Crippen LogP contribution in [0.3, 0.4) is 0 Å². The van der Waals surface area contributed by atoms with Gasteiger partial charge in [0.15, 0.2) is 0 Å². The van der Waals surface area contributed by atoms with Gasteiger partial charge < -0.3 is 0 Å². The molecule has 246 valence electrons. The van der Waals surface area contributed by atoms with Crippen molar-refractivity contribution >= 4 is 64.6 Å². The Morgan fingerprint density at radius 1 is 0.148 bits per heavy atom. The highest BCUT2D eigenvalue weighted by molar-refractivity contribution is 6.39. The van der Waals surface area contributed by atoms with E-state index in [4.69, 9.17) is 0 Å². The number of hydrogen-bond donors (Lipinski definition) is 0. The van der Waals surface area contributed by atoms with Gasteiger partial charge in [0, 0.05) is 0 Å². The quantitative estimate of drug-likeness (QED) is 0.126. The fraction of sp³-hybridized carbons (Fsp3) is 0. The van der Waals surface area contributed by atoms with E-state index in [9.17, 15) is 0 Å². The van der Waals surface area contributed by atoms with Crippen molar-refractivity contribution < 1.29 is 0 Å². The Labute approximate surface area is 312 Å². The average molecular weight is 679 g/mol. The Hall–Kier alpha value is -7.02. The molecule has 0 heterocycles. The molecule has 0 aliphatic heterocycles. The molecule has 54 heavy (non-hydrogen) atoms. The first-order chi connectivity index (χ1) is 26.8. The van der Waals surface area contributed by atoms with Crippen molar-refractivity contribution in [1.82, 2.24) is 0 Å². The van der Waals surface area contributed by atoms with Crippen LogP contribution in [0, 0.1) is 0 Å². The van der Waals surface area contributed by atoms with E-state index < -0.39 is 0 Å². The van der Waals surface area contributed by atoms with Gasteiger partial charge in [-0.2, -0.15) is 0 Å². The number of rotatable bonds is 2. The molecule has 0 unspecified atom stereocenters. The third kappa shape index (κ3) is 3.49. The predicted octanol–water partition coefficient (Wildman–Crippen LogP) is 15.2. The van der Waals surface area contributed by atoms with Gasteiger partial charge >= 0.3 is 0 Å². The molecule has 0 spiro atoms. The second-order valence-electron chi connectivity index (χ2n) is 15.0. The Balaban J connectivity index is 1.26. The van der Waals surface area contributed by atoms with Gasteiger partial charge in [-0.05, 0) is 131 Å². The first-order valence-corrected chi connectivity index (χ1v) is 18.9. The van der Waals surface area contributed by atoms with E-state index in [1.165, 1.54) is 131 Å². The summed E-state index contributed by atoms with van der Waals surface area (Å²) in [6.45, 7) is 0. The number of benzene rings is 11. The van der Waals surface area contributed by atoms with Crippen LogP contribution in [0.15, 0.2) is 182 Å². The van der Waals surface area contributed by atoms with Gasteiger partial charge in [-0.25, -0.2) is 0 Å². The summed E-state index contributed by atoms with van der Waals surface area (Å²) < 4.78 is 0. The molecule has 0 bridgehead atoms. The fourth-order valence-corrected chi connectivity index (χ4v) is 10.5. The maximum atomic E-state index is 2.41. The maximum absolute atomic E-state index is 2.41. The molecule has 0 N–H and O–H groups in total. The monoisotopic (exact) mass is 678 g/mol. The molecule has 0 fully saturated rings. The standard InChI is InChI=1S/C54H30/c1-3-17-35-31(13-1)37-23-11-25-41-47(29-27-45(35)49(37)41)51-43-21-9-10-22-44(43)52(54-40-20-8-6-16-34(40)33-15-5-7-19-39(33)53(51)54)48-30-28-46-36-18-4-2-14-32(36)38-24-12-26-42(48)50(38)46/h1-30H. The van der Waals surface area contributed by atoms with Gasteiger partial charge in [-0.1, -0.05) is 182 Å². The third-order valence-electron chi connectivity index (χ3n) is 12.5. The largest absolute Gasteiger partial charge is 0.0616 e. The molecule has 11 aromatic rings. The van der Waals surface area contributed by atoms with E-state index in [-0.39, 0.29) is 0 Å². The van der Waals surface area contributed by atoms with E-state index in [0.29, 0.717) is 0 Å². The molecule has 13 rings (SSSR count). The highest BCUT2D eigenvalue weighted by atomic mass is 14.3. The fourth-order valence-electron chi connectivity index (χ4n) is 10.5. The molecule has 2 aliphatic carbocycles. The van der Waals surface area contributed by atoms with E-state index >= 15 is 0 Å². The van der Waals surface area contributed by atoms with E-state index in [0.717, 1.165) is 0 Å². The summed E-state index contributed by atoms with van der Waals surface area (Å²) in [5, 5.41) is 15.7. The highest BCUT2D eigenvalue weighted by Crippen LogP contribution is 2.56. The number of hydrogen-bond acceptors (Lipinski definition) is 0. The molecule has 0 heteroatoms. The Morgan fingerprint density at radius 2 is 0.426 bits per heavy atom. The summed E-state index contributed by atoms with van der Waals surface area (Å²) in [7, 11) is 0. The molecule has 0 amide bonds. The zero-order valence-corrected chi connectivity index (χ0v) is 29.3. The van der Waals surface area contributed by atoms with Gasteiger partial charge in [0.05, 0.1) is 0 Å². The molecule has 0 aromatic heterocycles. The molecule has 0 saturated heterocycles. The van der Waals surface area contributed by atoms with Crippen LogP contribution in [0.1, 0.15) is 0 Å². The zero-order valence-electron chi connectivity index (χ0n) is 29.3. The van der Waals surface area contributed by atoms with Crippen molar-refractivity contribution in [3.8, 4) is 66.8 Å². The molecular weight excluding hydrogens is 649 g/mol. The summed E-state index contributed by atoms with van der Waals surface area (Å²) in [5.41, 5.74) is 15.8. The number of fused-ring (bicyclic) bond motifs is 13. The van der Waals surface area contributed by atoms with Crippen LogP contribution >= 0.6 is 0 Å². The summed E-state index contributed by atoms with van der Waals surface area (Å²) in [6, 6.07) is 68.5. The van der Waals surface area contributed by atoms with Crippen LogP contribution in [0.2, 0.25) is 0 Å². The summed E-state index contributed by atoms with van der Waals surface area (Å²) >= 11 is 0. The second kappa shape index (κ2) is 10.3.